The molecule has 0 unspecified atom stereocenters. The fourth-order valence-corrected chi connectivity index (χ4v) is 1.51. The first-order valence-corrected chi connectivity index (χ1v) is 6.34. The zero-order chi connectivity index (χ0) is 13.4. The minimum atomic E-state index is 0.840. The summed E-state index contributed by atoms with van der Waals surface area (Å²) in [5.74, 6) is 0. The molecule has 0 amide bonds. The normalized spacial score (nSPS) is 9.44. The van der Waals surface area contributed by atoms with Crippen molar-refractivity contribution in [1.29, 1.82) is 0 Å². The van der Waals surface area contributed by atoms with Crippen LogP contribution in [0.3, 0.4) is 0 Å². The van der Waals surface area contributed by atoms with E-state index in [1.54, 1.807) is 0 Å². The molecule has 0 radical (unpaired) electrons. The number of hydrogen-bond acceptors (Lipinski definition) is 2. The molecule has 2 nitrogen and oxygen atoms in total. The summed E-state index contributed by atoms with van der Waals surface area (Å²) in [6.07, 6.45) is 2.17. The van der Waals surface area contributed by atoms with Gasteiger partial charge in [0.15, 0.2) is 0 Å². The van der Waals surface area contributed by atoms with E-state index in [0.717, 1.165) is 24.2 Å². The summed E-state index contributed by atoms with van der Waals surface area (Å²) < 4.78 is 0. The van der Waals surface area contributed by atoms with Gasteiger partial charge in [-0.2, -0.15) is 0 Å². The van der Waals surface area contributed by atoms with E-state index in [1.165, 1.54) is 11.1 Å². The third-order valence-corrected chi connectivity index (χ3v) is 2.78. The van der Waals surface area contributed by atoms with Crippen molar-refractivity contribution in [3.63, 3.8) is 0 Å². The second-order valence-corrected chi connectivity index (χ2v) is 4.19. The number of benzene rings is 2. The fraction of sp³-hybridized carbons (Fsp3) is 0.250. The Kier molecular flexibility index (Phi) is 5.78. The van der Waals surface area contributed by atoms with E-state index >= 15 is 0 Å². The lowest BCUT2D eigenvalue weighted by Gasteiger charge is -1.94. The highest BCUT2D eigenvalue weighted by Gasteiger charge is 1.86. The Morgan fingerprint density at radius 2 is 0.889 bits per heavy atom. The van der Waals surface area contributed by atoms with Crippen LogP contribution < -0.4 is 11.5 Å². The lowest BCUT2D eigenvalue weighted by molar-refractivity contribution is 1.14. The topological polar surface area (TPSA) is 52.0 Å². The monoisotopic (exact) mass is 242 g/mol. The molecule has 0 bridgehead atoms. The van der Waals surface area contributed by atoms with Crippen LogP contribution in [0.1, 0.15) is 25.0 Å². The molecular weight excluding hydrogens is 220 g/mol. The molecule has 0 aliphatic carbocycles. The molecule has 0 saturated heterocycles. The summed E-state index contributed by atoms with van der Waals surface area (Å²) in [5.41, 5.74) is 15.3. The van der Waals surface area contributed by atoms with Crippen LogP contribution in [0.5, 0.6) is 0 Å². The van der Waals surface area contributed by atoms with E-state index in [2.05, 4.69) is 38.1 Å². The van der Waals surface area contributed by atoms with Crippen molar-refractivity contribution in [2.45, 2.75) is 26.7 Å². The second-order valence-electron chi connectivity index (χ2n) is 4.19. The van der Waals surface area contributed by atoms with Gasteiger partial charge < -0.3 is 11.5 Å². The van der Waals surface area contributed by atoms with E-state index in [4.69, 9.17) is 11.5 Å². The highest BCUT2D eigenvalue weighted by Crippen LogP contribution is 2.05. The van der Waals surface area contributed by atoms with Gasteiger partial charge in [-0.25, -0.2) is 0 Å². The smallest absolute Gasteiger partial charge is 0.0314 e. The first-order valence-electron chi connectivity index (χ1n) is 6.34. The van der Waals surface area contributed by atoms with Crippen molar-refractivity contribution in [2.75, 3.05) is 11.5 Å². The van der Waals surface area contributed by atoms with Gasteiger partial charge in [-0.15, -0.1) is 0 Å². The van der Waals surface area contributed by atoms with E-state index in [9.17, 15) is 0 Å². The van der Waals surface area contributed by atoms with Gasteiger partial charge in [-0.1, -0.05) is 38.1 Å². The van der Waals surface area contributed by atoms with E-state index in [-0.39, 0.29) is 0 Å². The van der Waals surface area contributed by atoms with Gasteiger partial charge in [0.1, 0.15) is 0 Å². The minimum Gasteiger partial charge on any atom is -0.399 e. The average molecular weight is 242 g/mol. The van der Waals surface area contributed by atoms with Gasteiger partial charge in [0, 0.05) is 11.4 Å². The molecule has 0 saturated carbocycles. The fourth-order valence-electron chi connectivity index (χ4n) is 1.51. The maximum atomic E-state index is 5.48. The van der Waals surface area contributed by atoms with Gasteiger partial charge in [0.05, 0.1) is 0 Å². The van der Waals surface area contributed by atoms with Crippen molar-refractivity contribution in [2.24, 2.45) is 0 Å². The summed E-state index contributed by atoms with van der Waals surface area (Å²) in [5, 5.41) is 0. The quantitative estimate of drug-likeness (QED) is 0.790. The van der Waals surface area contributed by atoms with Crippen LogP contribution in [0, 0.1) is 0 Å². The molecule has 0 aliphatic heterocycles. The molecule has 2 heteroatoms. The van der Waals surface area contributed by atoms with Crippen molar-refractivity contribution in [3.05, 3.63) is 59.7 Å². The SMILES string of the molecule is CCc1ccc(N)cc1.CCc1ccc(N)cc1. The Balaban J connectivity index is 0.000000180. The lowest BCUT2D eigenvalue weighted by Crippen LogP contribution is -1.84. The molecular formula is C16H22N2. The molecule has 0 aliphatic rings. The number of anilines is 2. The maximum Gasteiger partial charge on any atom is 0.0314 e. The third kappa shape index (κ3) is 4.91. The molecule has 0 heterocycles. The van der Waals surface area contributed by atoms with Crippen molar-refractivity contribution in [3.8, 4) is 0 Å². The average Bonchev–Trinajstić information content (AvgIpc) is 2.41. The molecule has 0 fully saturated rings. The highest BCUT2D eigenvalue weighted by atomic mass is 14.5. The number of nitrogens with two attached hydrogens (primary N) is 2. The number of hydrogen-bond donors (Lipinski definition) is 2. The standard InChI is InChI=1S/2C8H11N/c2*1-2-7-3-5-8(9)6-4-7/h2*3-6H,2,9H2,1H3. The summed E-state index contributed by atoms with van der Waals surface area (Å²) in [7, 11) is 0. The van der Waals surface area contributed by atoms with Crippen LogP contribution in [0.15, 0.2) is 48.5 Å². The molecule has 2 aromatic rings. The zero-order valence-corrected chi connectivity index (χ0v) is 11.2. The molecule has 0 atom stereocenters. The van der Waals surface area contributed by atoms with Crippen LogP contribution in [-0.2, 0) is 12.8 Å². The van der Waals surface area contributed by atoms with E-state index < -0.39 is 0 Å². The van der Waals surface area contributed by atoms with Crippen LogP contribution in [0.4, 0.5) is 11.4 Å². The predicted octanol–water partition coefficient (Wildman–Crippen LogP) is 3.66. The molecule has 18 heavy (non-hydrogen) atoms. The Bertz CT molecular complexity index is 398. The number of nitrogen functional groups attached to an aromatic ring is 2. The number of aryl methyl sites for hydroxylation is 2. The first-order chi connectivity index (χ1) is 8.65. The second kappa shape index (κ2) is 7.38. The Labute approximate surface area is 110 Å². The predicted molar refractivity (Wildman–Crippen MR) is 80.5 cm³/mol. The Hall–Kier alpha value is -1.96. The highest BCUT2D eigenvalue weighted by molar-refractivity contribution is 5.39. The van der Waals surface area contributed by atoms with Crippen molar-refractivity contribution >= 4 is 11.4 Å². The summed E-state index contributed by atoms with van der Waals surface area (Å²) >= 11 is 0. The lowest BCUT2D eigenvalue weighted by atomic mass is 10.2. The molecule has 0 aromatic heterocycles. The van der Waals surface area contributed by atoms with Gasteiger partial charge in [-0.05, 0) is 48.2 Å². The van der Waals surface area contributed by atoms with Gasteiger partial charge >= 0.3 is 0 Å². The van der Waals surface area contributed by atoms with E-state index in [0.29, 0.717) is 0 Å². The van der Waals surface area contributed by atoms with Crippen molar-refractivity contribution < 1.29 is 0 Å². The van der Waals surface area contributed by atoms with Crippen LogP contribution in [0.2, 0.25) is 0 Å². The first kappa shape index (κ1) is 14.1. The van der Waals surface area contributed by atoms with Crippen LogP contribution >= 0.6 is 0 Å². The molecule has 2 rings (SSSR count). The molecule has 2 aromatic carbocycles. The molecule has 0 spiro atoms. The third-order valence-electron chi connectivity index (χ3n) is 2.78. The van der Waals surface area contributed by atoms with Gasteiger partial charge in [-0.3, -0.25) is 0 Å². The number of rotatable bonds is 2. The van der Waals surface area contributed by atoms with Gasteiger partial charge in [0.2, 0.25) is 0 Å². The van der Waals surface area contributed by atoms with E-state index in [1.807, 2.05) is 24.3 Å². The summed E-state index contributed by atoms with van der Waals surface area (Å²) in [6, 6.07) is 15.9. The van der Waals surface area contributed by atoms with Gasteiger partial charge in [0.25, 0.3) is 0 Å². The summed E-state index contributed by atoms with van der Waals surface area (Å²) in [4.78, 5) is 0. The summed E-state index contributed by atoms with van der Waals surface area (Å²) in [6.45, 7) is 4.26. The van der Waals surface area contributed by atoms with Crippen LogP contribution in [-0.4, -0.2) is 0 Å². The van der Waals surface area contributed by atoms with Crippen molar-refractivity contribution in [1.82, 2.24) is 0 Å². The molecule has 4 N–H and O–H groups in total. The maximum absolute atomic E-state index is 5.48. The zero-order valence-electron chi connectivity index (χ0n) is 11.2. The Morgan fingerprint density at radius 1 is 0.611 bits per heavy atom. The largest absolute Gasteiger partial charge is 0.399 e. The molecule has 96 valence electrons. The van der Waals surface area contributed by atoms with Crippen LogP contribution in [0.25, 0.3) is 0 Å². The minimum absolute atomic E-state index is 0.840. The Morgan fingerprint density at radius 3 is 1.11 bits per heavy atom.